The molecule has 0 saturated heterocycles. The molecule has 0 spiro atoms. The number of carbonyl (C=O) groups is 2. The van der Waals surface area contributed by atoms with Crippen molar-refractivity contribution < 1.29 is 9.59 Å². The Morgan fingerprint density at radius 1 is 1.21 bits per heavy atom. The number of tetrazole rings is 1. The number of hydrogen-bond donors (Lipinski definition) is 2. The molecule has 4 rings (SSSR count). The number of aromatic nitrogens is 4. The first-order chi connectivity index (χ1) is 13.6. The van der Waals surface area contributed by atoms with Gasteiger partial charge >= 0.3 is 0 Å². The lowest BCUT2D eigenvalue weighted by atomic mass is 10.1. The van der Waals surface area contributed by atoms with Gasteiger partial charge in [-0.1, -0.05) is 18.2 Å². The smallest absolute Gasteiger partial charge is 0.261 e. The molecule has 0 radical (unpaired) electrons. The van der Waals surface area contributed by atoms with E-state index in [4.69, 9.17) is 0 Å². The molecule has 1 aliphatic carbocycles. The van der Waals surface area contributed by atoms with Crippen LogP contribution >= 0.6 is 11.3 Å². The van der Waals surface area contributed by atoms with Gasteiger partial charge in [0.15, 0.2) is 5.82 Å². The number of benzene rings is 1. The van der Waals surface area contributed by atoms with E-state index in [9.17, 15) is 9.59 Å². The maximum Gasteiger partial charge on any atom is 0.261 e. The Kier molecular flexibility index (Phi) is 5.16. The predicted octanol–water partition coefficient (Wildman–Crippen LogP) is 2.49. The molecular formula is C19H20N6O2S. The van der Waals surface area contributed by atoms with Crippen LogP contribution in [0.25, 0.3) is 0 Å². The van der Waals surface area contributed by atoms with E-state index < -0.39 is 0 Å². The van der Waals surface area contributed by atoms with Crippen LogP contribution in [-0.2, 0) is 6.54 Å². The van der Waals surface area contributed by atoms with E-state index >= 15 is 0 Å². The van der Waals surface area contributed by atoms with Crippen molar-refractivity contribution in [1.82, 2.24) is 30.8 Å². The van der Waals surface area contributed by atoms with Gasteiger partial charge in [0, 0.05) is 12.1 Å². The Morgan fingerprint density at radius 2 is 2.00 bits per heavy atom. The largest absolute Gasteiger partial charge is 0.347 e. The Balaban J connectivity index is 1.33. The lowest BCUT2D eigenvalue weighted by molar-refractivity contribution is 0.0933. The van der Waals surface area contributed by atoms with Gasteiger partial charge in [-0.25, -0.2) is 4.68 Å². The second kappa shape index (κ2) is 7.89. The molecule has 9 heteroatoms. The van der Waals surface area contributed by atoms with Gasteiger partial charge in [-0.15, -0.1) is 16.4 Å². The molecule has 1 aliphatic rings. The minimum absolute atomic E-state index is 0.0981. The number of rotatable bonds is 7. The van der Waals surface area contributed by atoms with Crippen LogP contribution in [0.4, 0.5) is 0 Å². The van der Waals surface area contributed by atoms with Crippen molar-refractivity contribution in [3.05, 3.63) is 63.6 Å². The maximum absolute atomic E-state index is 12.5. The molecule has 1 unspecified atom stereocenters. The number of hydrogen-bond acceptors (Lipinski definition) is 6. The van der Waals surface area contributed by atoms with Crippen molar-refractivity contribution in [3.63, 3.8) is 0 Å². The van der Waals surface area contributed by atoms with Gasteiger partial charge in [0.1, 0.15) is 0 Å². The van der Waals surface area contributed by atoms with Crippen molar-refractivity contribution >= 4 is 23.2 Å². The SMILES string of the molecule is CC(NC(=O)c1ccc(CNC(=O)c2cccs2)cc1)c1nnnn1C1CC1. The molecule has 2 amide bonds. The van der Waals surface area contributed by atoms with Gasteiger partial charge in [-0.2, -0.15) is 0 Å². The van der Waals surface area contributed by atoms with Crippen LogP contribution in [-0.4, -0.2) is 32.0 Å². The summed E-state index contributed by atoms with van der Waals surface area (Å²) in [5.41, 5.74) is 1.47. The molecule has 8 nitrogen and oxygen atoms in total. The zero-order valence-electron chi connectivity index (χ0n) is 15.3. The van der Waals surface area contributed by atoms with E-state index in [0.717, 1.165) is 18.4 Å². The molecule has 2 N–H and O–H groups in total. The van der Waals surface area contributed by atoms with Crippen molar-refractivity contribution in [1.29, 1.82) is 0 Å². The summed E-state index contributed by atoms with van der Waals surface area (Å²) < 4.78 is 1.80. The van der Waals surface area contributed by atoms with Crippen LogP contribution in [0.5, 0.6) is 0 Å². The lowest BCUT2D eigenvalue weighted by Gasteiger charge is -2.13. The molecule has 1 saturated carbocycles. The Labute approximate surface area is 166 Å². The van der Waals surface area contributed by atoms with Gasteiger partial charge in [0.05, 0.1) is 17.0 Å². The van der Waals surface area contributed by atoms with Crippen LogP contribution in [0.15, 0.2) is 41.8 Å². The summed E-state index contributed by atoms with van der Waals surface area (Å²) in [4.78, 5) is 25.2. The van der Waals surface area contributed by atoms with E-state index in [-0.39, 0.29) is 17.9 Å². The second-order valence-corrected chi connectivity index (χ2v) is 7.71. The van der Waals surface area contributed by atoms with E-state index in [0.29, 0.717) is 28.9 Å². The average Bonchev–Trinajstić information content (AvgIpc) is 3.20. The summed E-state index contributed by atoms with van der Waals surface area (Å²) in [5.74, 6) is 0.384. The van der Waals surface area contributed by atoms with E-state index in [1.807, 2.05) is 30.5 Å². The van der Waals surface area contributed by atoms with Gasteiger partial charge in [0.25, 0.3) is 11.8 Å². The van der Waals surface area contributed by atoms with Crippen LogP contribution < -0.4 is 10.6 Å². The third kappa shape index (κ3) is 4.09. The minimum atomic E-state index is -0.284. The second-order valence-electron chi connectivity index (χ2n) is 6.76. The van der Waals surface area contributed by atoms with Gasteiger partial charge in [0.2, 0.25) is 0 Å². The third-order valence-electron chi connectivity index (χ3n) is 4.56. The summed E-state index contributed by atoms with van der Waals surface area (Å²) in [7, 11) is 0. The molecule has 1 atom stereocenters. The summed E-state index contributed by atoms with van der Waals surface area (Å²) in [6, 6.07) is 10.9. The summed E-state index contributed by atoms with van der Waals surface area (Å²) in [5, 5.41) is 19.5. The van der Waals surface area contributed by atoms with Crippen LogP contribution in [0.2, 0.25) is 0 Å². The minimum Gasteiger partial charge on any atom is -0.347 e. The van der Waals surface area contributed by atoms with Crippen molar-refractivity contribution in [2.75, 3.05) is 0 Å². The van der Waals surface area contributed by atoms with Gasteiger partial charge < -0.3 is 10.6 Å². The summed E-state index contributed by atoms with van der Waals surface area (Å²) >= 11 is 1.40. The highest BCUT2D eigenvalue weighted by molar-refractivity contribution is 7.12. The first-order valence-corrected chi connectivity index (χ1v) is 9.99. The average molecular weight is 396 g/mol. The topological polar surface area (TPSA) is 102 Å². The number of nitrogens with zero attached hydrogens (tertiary/aromatic N) is 4. The molecule has 144 valence electrons. The fourth-order valence-corrected chi connectivity index (χ4v) is 3.50. The van der Waals surface area contributed by atoms with Crippen LogP contribution in [0.1, 0.15) is 63.3 Å². The molecular weight excluding hydrogens is 376 g/mol. The van der Waals surface area contributed by atoms with Crippen molar-refractivity contribution in [2.45, 2.75) is 38.4 Å². The Morgan fingerprint density at radius 3 is 2.68 bits per heavy atom. The zero-order valence-corrected chi connectivity index (χ0v) is 16.1. The molecule has 1 fully saturated rings. The molecule has 2 aromatic heterocycles. The van der Waals surface area contributed by atoms with Crippen LogP contribution in [0.3, 0.4) is 0 Å². The molecule has 2 heterocycles. The normalized spacial score (nSPS) is 14.5. The number of carbonyl (C=O) groups excluding carboxylic acids is 2. The Hall–Kier alpha value is -3.07. The first-order valence-electron chi connectivity index (χ1n) is 9.11. The summed E-state index contributed by atoms with van der Waals surface area (Å²) in [6.07, 6.45) is 2.15. The highest BCUT2D eigenvalue weighted by Crippen LogP contribution is 2.35. The molecule has 28 heavy (non-hydrogen) atoms. The zero-order chi connectivity index (χ0) is 19.5. The van der Waals surface area contributed by atoms with Crippen molar-refractivity contribution in [3.8, 4) is 0 Å². The number of nitrogens with one attached hydrogen (secondary N) is 2. The van der Waals surface area contributed by atoms with Gasteiger partial charge in [-0.05, 0) is 59.3 Å². The standard InChI is InChI=1S/C19H20N6O2S/c1-12(17-22-23-24-25(17)15-8-9-15)21-18(26)14-6-4-13(5-7-14)11-20-19(27)16-3-2-10-28-16/h2-7,10,12,15H,8-9,11H2,1H3,(H,20,27)(H,21,26). The highest BCUT2D eigenvalue weighted by Gasteiger charge is 2.30. The quantitative estimate of drug-likeness (QED) is 0.639. The highest BCUT2D eigenvalue weighted by atomic mass is 32.1. The number of amides is 2. The number of thiophene rings is 1. The molecule has 3 aromatic rings. The van der Waals surface area contributed by atoms with E-state index in [1.165, 1.54) is 11.3 Å². The molecule has 0 bridgehead atoms. The first kappa shape index (κ1) is 18.3. The fraction of sp³-hybridized carbons (Fsp3) is 0.316. The lowest BCUT2D eigenvalue weighted by Crippen LogP contribution is -2.29. The van der Waals surface area contributed by atoms with Gasteiger partial charge in [-0.3, -0.25) is 9.59 Å². The third-order valence-corrected chi connectivity index (χ3v) is 5.43. The molecule has 1 aromatic carbocycles. The van der Waals surface area contributed by atoms with E-state index in [1.54, 1.807) is 22.9 Å². The Bertz CT molecular complexity index is 963. The van der Waals surface area contributed by atoms with Crippen molar-refractivity contribution in [2.24, 2.45) is 0 Å². The van der Waals surface area contributed by atoms with E-state index in [2.05, 4.69) is 26.2 Å². The monoisotopic (exact) mass is 396 g/mol. The predicted molar refractivity (Wildman–Crippen MR) is 104 cm³/mol. The molecule has 0 aliphatic heterocycles. The summed E-state index contributed by atoms with van der Waals surface area (Å²) in [6.45, 7) is 2.28. The van der Waals surface area contributed by atoms with Crippen LogP contribution in [0, 0.1) is 0 Å². The fourth-order valence-electron chi connectivity index (χ4n) is 2.86. The maximum atomic E-state index is 12.5.